The summed E-state index contributed by atoms with van der Waals surface area (Å²) < 4.78 is 0. The zero-order valence-electron chi connectivity index (χ0n) is 14.7. The Balaban J connectivity index is 1.83. The molecular weight excluding hydrogens is 324 g/mol. The number of benzene rings is 2. The third-order valence-corrected chi connectivity index (χ3v) is 3.69. The van der Waals surface area contributed by atoms with Crippen molar-refractivity contribution >= 4 is 17.5 Å². The number of hydrogen-bond acceptors (Lipinski definition) is 5. The van der Waals surface area contributed by atoms with E-state index in [2.05, 4.69) is 56.7 Å². The van der Waals surface area contributed by atoms with Crippen LogP contribution in [0.5, 0.6) is 0 Å². The van der Waals surface area contributed by atoms with Gasteiger partial charge < -0.3 is 0 Å². The molecule has 1 heterocycles. The molecule has 0 radical (unpaired) electrons. The van der Waals surface area contributed by atoms with Crippen LogP contribution in [-0.4, -0.2) is 15.8 Å². The molecular formula is C20H20N6. The van der Waals surface area contributed by atoms with Crippen LogP contribution >= 0.6 is 0 Å². The van der Waals surface area contributed by atoms with E-state index in [1.54, 1.807) is 18.5 Å². The third-order valence-electron chi connectivity index (χ3n) is 3.69. The lowest BCUT2D eigenvalue weighted by Crippen LogP contribution is -2.01. The standard InChI is InChI=1S/C20H20N6/c1-15(2)16-9-11-18(12-10-16)23-24-19(17-7-4-3-5-8-17)25-26-20-21-13-6-14-22-20/h3-15,23H,1-2H3. The van der Waals surface area contributed by atoms with E-state index in [-0.39, 0.29) is 5.95 Å². The minimum absolute atomic E-state index is 0.289. The van der Waals surface area contributed by atoms with Crippen molar-refractivity contribution in [3.05, 3.63) is 84.2 Å². The lowest BCUT2D eigenvalue weighted by molar-refractivity contribution is 0.867. The highest BCUT2D eigenvalue weighted by atomic mass is 15.3. The summed E-state index contributed by atoms with van der Waals surface area (Å²) in [5.74, 6) is 1.23. The Kier molecular flexibility index (Phi) is 5.77. The second kappa shape index (κ2) is 8.62. The maximum atomic E-state index is 4.40. The fraction of sp³-hybridized carbons (Fsp3) is 0.150. The molecule has 0 aliphatic heterocycles. The normalized spacial score (nSPS) is 11.9. The van der Waals surface area contributed by atoms with Crippen LogP contribution in [0.25, 0.3) is 0 Å². The lowest BCUT2D eigenvalue weighted by Gasteiger charge is -2.07. The molecule has 3 rings (SSSR count). The van der Waals surface area contributed by atoms with E-state index >= 15 is 0 Å². The summed E-state index contributed by atoms with van der Waals surface area (Å²) >= 11 is 0. The first-order valence-electron chi connectivity index (χ1n) is 8.40. The molecule has 0 aliphatic rings. The van der Waals surface area contributed by atoms with Crippen LogP contribution < -0.4 is 5.43 Å². The third kappa shape index (κ3) is 4.80. The van der Waals surface area contributed by atoms with E-state index < -0.39 is 0 Å². The SMILES string of the molecule is CC(C)c1ccc(NN=C(N=Nc2ncccn2)c2ccccc2)cc1. The smallest absolute Gasteiger partial charge is 0.268 e. The van der Waals surface area contributed by atoms with Gasteiger partial charge in [0.25, 0.3) is 5.95 Å². The van der Waals surface area contributed by atoms with Crippen molar-refractivity contribution in [2.45, 2.75) is 19.8 Å². The monoisotopic (exact) mass is 344 g/mol. The summed E-state index contributed by atoms with van der Waals surface area (Å²) in [6.45, 7) is 4.33. The summed E-state index contributed by atoms with van der Waals surface area (Å²) in [4.78, 5) is 8.08. The molecule has 0 unspecified atom stereocenters. The van der Waals surface area contributed by atoms with E-state index in [1.165, 1.54) is 5.56 Å². The maximum absolute atomic E-state index is 4.40. The number of nitrogens with one attached hydrogen (secondary N) is 1. The van der Waals surface area contributed by atoms with Gasteiger partial charge in [0, 0.05) is 18.0 Å². The minimum atomic E-state index is 0.289. The fourth-order valence-electron chi connectivity index (χ4n) is 2.23. The van der Waals surface area contributed by atoms with E-state index in [9.17, 15) is 0 Å². The van der Waals surface area contributed by atoms with Crippen molar-refractivity contribution < 1.29 is 0 Å². The first kappa shape index (κ1) is 17.4. The van der Waals surface area contributed by atoms with Crippen molar-refractivity contribution in [2.24, 2.45) is 15.3 Å². The molecule has 3 aromatic rings. The van der Waals surface area contributed by atoms with Crippen LogP contribution in [0.4, 0.5) is 11.6 Å². The molecule has 0 atom stereocenters. The molecule has 130 valence electrons. The molecule has 6 nitrogen and oxygen atoms in total. The van der Waals surface area contributed by atoms with Gasteiger partial charge in [-0.05, 0) is 29.7 Å². The number of nitrogens with zero attached hydrogens (tertiary/aromatic N) is 5. The molecule has 2 aromatic carbocycles. The van der Waals surface area contributed by atoms with E-state index in [4.69, 9.17) is 0 Å². The molecule has 0 amide bonds. The quantitative estimate of drug-likeness (QED) is 0.301. The number of rotatable bonds is 5. The van der Waals surface area contributed by atoms with E-state index in [0.29, 0.717) is 11.8 Å². The second-order valence-electron chi connectivity index (χ2n) is 5.94. The van der Waals surface area contributed by atoms with E-state index in [0.717, 1.165) is 11.3 Å². The van der Waals surface area contributed by atoms with Gasteiger partial charge >= 0.3 is 0 Å². The Morgan fingerprint density at radius 3 is 2.23 bits per heavy atom. The van der Waals surface area contributed by atoms with Gasteiger partial charge in [0.2, 0.25) is 5.84 Å². The molecule has 0 aliphatic carbocycles. The fourth-order valence-corrected chi connectivity index (χ4v) is 2.23. The summed E-state index contributed by atoms with van der Waals surface area (Å²) in [7, 11) is 0. The molecule has 0 fully saturated rings. The molecule has 1 aromatic heterocycles. The van der Waals surface area contributed by atoms with Gasteiger partial charge in [0.15, 0.2) is 0 Å². The molecule has 0 bridgehead atoms. The highest BCUT2D eigenvalue weighted by Crippen LogP contribution is 2.17. The summed E-state index contributed by atoms with van der Waals surface area (Å²) in [6.07, 6.45) is 3.24. The van der Waals surface area contributed by atoms with Crippen molar-refractivity contribution in [3.63, 3.8) is 0 Å². The molecule has 26 heavy (non-hydrogen) atoms. The first-order valence-corrected chi connectivity index (χ1v) is 8.40. The Labute approximate surface area is 152 Å². The molecule has 1 N–H and O–H groups in total. The Bertz CT molecular complexity index is 871. The van der Waals surface area contributed by atoms with Crippen LogP contribution in [0.3, 0.4) is 0 Å². The van der Waals surface area contributed by atoms with Gasteiger partial charge in [-0.3, -0.25) is 5.43 Å². The summed E-state index contributed by atoms with van der Waals surface area (Å²) in [5.41, 5.74) is 6.05. The largest absolute Gasteiger partial charge is 0.276 e. The van der Waals surface area contributed by atoms with E-state index in [1.807, 2.05) is 42.5 Å². The zero-order chi connectivity index (χ0) is 18.2. The van der Waals surface area contributed by atoms with Gasteiger partial charge in [-0.1, -0.05) is 56.3 Å². The Morgan fingerprint density at radius 1 is 0.885 bits per heavy atom. The van der Waals surface area contributed by atoms with Crippen LogP contribution in [0.2, 0.25) is 0 Å². The molecule has 0 saturated heterocycles. The van der Waals surface area contributed by atoms with Crippen LogP contribution in [0.15, 0.2) is 88.4 Å². The van der Waals surface area contributed by atoms with Crippen molar-refractivity contribution in [3.8, 4) is 0 Å². The number of hydrazone groups is 1. The van der Waals surface area contributed by atoms with Gasteiger partial charge in [0.05, 0.1) is 5.69 Å². The average molecular weight is 344 g/mol. The number of aromatic nitrogens is 2. The Hall–Kier alpha value is -3.41. The highest BCUT2D eigenvalue weighted by Gasteiger charge is 2.03. The number of amidine groups is 1. The summed E-state index contributed by atoms with van der Waals surface area (Å²) in [6, 6.07) is 19.5. The first-order chi connectivity index (χ1) is 12.7. The van der Waals surface area contributed by atoms with Gasteiger partial charge in [-0.2, -0.15) is 5.10 Å². The van der Waals surface area contributed by atoms with Crippen LogP contribution in [-0.2, 0) is 0 Å². The number of anilines is 1. The van der Waals surface area contributed by atoms with Crippen molar-refractivity contribution in [1.29, 1.82) is 0 Å². The molecule has 6 heteroatoms. The maximum Gasteiger partial charge on any atom is 0.268 e. The minimum Gasteiger partial charge on any atom is -0.276 e. The van der Waals surface area contributed by atoms with Crippen LogP contribution in [0, 0.1) is 0 Å². The number of azo groups is 1. The second-order valence-corrected chi connectivity index (χ2v) is 5.94. The topological polar surface area (TPSA) is 74.9 Å². The predicted molar refractivity (Wildman–Crippen MR) is 104 cm³/mol. The lowest BCUT2D eigenvalue weighted by atomic mass is 10.0. The molecule has 0 saturated carbocycles. The Morgan fingerprint density at radius 2 is 1.58 bits per heavy atom. The van der Waals surface area contributed by atoms with Gasteiger partial charge in [-0.15, -0.1) is 10.2 Å². The highest BCUT2D eigenvalue weighted by molar-refractivity contribution is 5.99. The predicted octanol–water partition coefficient (Wildman–Crippen LogP) is 5.16. The zero-order valence-corrected chi connectivity index (χ0v) is 14.7. The number of hydrogen-bond donors (Lipinski definition) is 1. The summed E-state index contributed by atoms with van der Waals surface area (Å²) in [5, 5.41) is 12.7. The molecule has 0 spiro atoms. The van der Waals surface area contributed by atoms with Crippen molar-refractivity contribution in [1.82, 2.24) is 9.97 Å². The average Bonchev–Trinajstić information content (AvgIpc) is 2.70. The van der Waals surface area contributed by atoms with Gasteiger partial charge in [-0.25, -0.2) is 9.97 Å². The van der Waals surface area contributed by atoms with Crippen molar-refractivity contribution in [2.75, 3.05) is 5.43 Å². The van der Waals surface area contributed by atoms with Crippen LogP contribution in [0.1, 0.15) is 30.9 Å². The van der Waals surface area contributed by atoms with Gasteiger partial charge in [0.1, 0.15) is 0 Å².